The molecule has 2 aromatic carbocycles. The number of carbonyl (C=O) groups is 1. The molecule has 1 atom stereocenters. The summed E-state index contributed by atoms with van der Waals surface area (Å²) in [6.45, 7) is 1.56. The highest BCUT2D eigenvalue weighted by molar-refractivity contribution is 7.90. The van der Waals surface area contributed by atoms with E-state index in [4.69, 9.17) is 4.74 Å². The summed E-state index contributed by atoms with van der Waals surface area (Å²) in [6, 6.07) is 8.31. The van der Waals surface area contributed by atoms with Crippen LogP contribution in [0.3, 0.4) is 0 Å². The first-order chi connectivity index (χ1) is 11.6. The molecule has 132 valence electrons. The Kier molecular flexibility index (Phi) is 5.17. The number of esters is 1. The number of hydrogen-bond acceptors (Lipinski definition) is 6. The molecule has 0 bridgehead atoms. The summed E-state index contributed by atoms with van der Waals surface area (Å²) >= 11 is 0. The third-order valence-electron chi connectivity index (χ3n) is 3.41. The smallest absolute Gasteiger partial charge is 0.338 e. The first kappa shape index (κ1) is 18.5. The fourth-order valence-electron chi connectivity index (χ4n) is 2.13. The lowest BCUT2D eigenvalue weighted by molar-refractivity contribution is -0.387. The molecule has 0 heterocycles. The molecule has 0 aliphatic heterocycles. The number of benzene rings is 2. The van der Waals surface area contributed by atoms with Crippen molar-refractivity contribution in [2.75, 3.05) is 6.26 Å². The second-order valence-corrected chi connectivity index (χ2v) is 7.30. The van der Waals surface area contributed by atoms with Crippen molar-refractivity contribution in [3.8, 4) is 0 Å². The maximum absolute atomic E-state index is 12.9. The van der Waals surface area contributed by atoms with Crippen LogP contribution in [0.4, 0.5) is 10.1 Å². The van der Waals surface area contributed by atoms with Crippen LogP contribution in [0.1, 0.15) is 28.9 Å². The molecular weight excluding hydrogens is 353 g/mol. The van der Waals surface area contributed by atoms with E-state index in [-0.39, 0.29) is 5.56 Å². The van der Waals surface area contributed by atoms with Gasteiger partial charge in [-0.15, -0.1) is 0 Å². The molecule has 0 unspecified atom stereocenters. The molecule has 0 N–H and O–H groups in total. The summed E-state index contributed by atoms with van der Waals surface area (Å²) in [4.78, 5) is 21.9. The zero-order valence-corrected chi connectivity index (χ0v) is 14.1. The number of nitrogens with zero attached hydrogens (tertiary/aromatic N) is 1. The summed E-state index contributed by atoms with van der Waals surface area (Å²) in [5.74, 6) is -1.30. The van der Waals surface area contributed by atoms with Gasteiger partial charge in [-0.25, -0.2) is 17.6 Å². The van der Waals surface area contributed by atoms with Gasteiger partial charge in [0.05, 0.1) is 10.5 Å². The predicted octanol–water partition coefficient (Wildman–Crippen LogP) is 3.06. The van der Waals surface area contributed by atoms with E-state index < -0.39 is 43.2 Å². The van der Waals surface area contributed by atoms with Crippen LogP contribution in [-0.4, -0.2) is 25.6 Å². The first-order valence-corrected chi connectivity index (χ1v) is 8.93. The van der Waals surface area contributed by atoms with Crippen LogP contribution in [0.5, 0.6) is 0 Å². The molecule has 0 amide bonds. The van der Waals surface area contributed by atoms with E-state index in [1.165, 1.54) is 24.3 Å². The predicted molar refractivity (Wildman–Crippen MR) is 86.4 cm³/mol. The van der Waals surface area contributed by atoms with E-state index in [1.807, 2.05) is 0 Å². The Morgan fingerprint density at radius 1 is 1.20 bits per heavy atom. The minimum atomic E-state index is -3.82. The molecule has 0 spiro atoms. The Morgan fingerprint density at radius 3 is 2.32 bits per heavy atom. The molecule has 7 nitrogen and oxygen atoms in total. The molecule has 2 aromatic rings. The number of halogens is 1. The summed E-state index contributed by atoms with van der Waals surface area (Å²) in [7, 11) is -3.82. The number of nitro benzene ring substituents is 1. The fourth-order valence-corrected chi connectivity index (χ4v) is 2.96. The Balaban J connectivity index is 2.29. The number of nitro groups is 1. The Morgan fingerprint density at radius 2 is 1.80 bits per heavy atom. The molecule has 2 rings (SSSR count). The molecule has 0 radical (unpaired) electrons. The molecule has 0 aliphatic carbocycles. The van der Waals surface area contributed by atoms with Gasteiger partial charge in [-0.05, 0) is 36.8 Å². The largest absolute Gasteiger partial charge is 0.454 e. The third-order valence-corrected chi connectivity index (χ3v) is 4.56. The van der Waals surface area contributed by atoms with E-state index >= 15 is 0 Å². The maximum atomic E-state index is 12.9. The van der Waals surface area contributed by atoms with Crippen LogP contribution >= 0.6 is 0 Å². The van der Waals surface area contributed by atoms with Gasteiger partial charge in [0.2, 0.25) is 0 Å². The average molecular weight is 367 g/mol. The van der Waals surface area contributed by atoms with Gasteiger partial charge in [0, 0.05) is 12.3 Å². The van der Waals surface area contributed by atoms with Crippen molar-refractivity contribution in [3.05, 3.63) is 69.5 Å². The topological polar surface area (TPSA) is 104 Å². The van der Waals surface area contributed by atoms with Gasteiger partial charge in [0.1, 0.15) is 16.8 Å². The molecule has 9 heteroatoms. The molecular formula is C16H14FNO6S. The summed E-state index contributed by atoms with van der Waals surface area (Å²) in [5.41, 5.74) is -0.323. The van der Waals surface area contributed by atoms with E-state index in [2.05, 4.69) is 0 Å². The normalized spacial score (nSPS) is 12.4. The average Bonchev–Trinajstić information content (AvgIpc) is 2.53. The fraction of sp³-hybridized carbons (Fsp3) is 0.188. The first-order valence-electron chi connectivity index (χ1n) is 7.04. The highest BCUT2D eigenvalue weighted by atomic mass is 32.2. The van der Waals surface area contributed by atoms with Crippen molar-refractivity contribution in [1.29, 1.82) is 0 Å². The van der Waals surface area contributed by atoms with Crippen LogP contribution in [-0.2, 0) is 14.6 Å². The second-order valence-electron chi connectivity index (χ2n) is 5.31. The molecule has 0 saturated carbocycles. The summed E-state index contributed by atoms with van der Waals surface area (Å²) in [5, 5.41) is 11.1. The van der Waals surface area contributed by atoms with E-state index in [0.717, 1.165) is 24.5 Å². The number of carbonyl (C=O) groups excluding carboxylic acids is 1. The zero-order valence-electron chi connectivity index (χ0n) is 13.3. The molecule has 0 fully saturated rings. The third kappa shape index (κ3) is 4.38. The van der Waals surface area contributed by atoms with Crippen molar-refractivity contribution in [2.45, 2.75) is 17.9 Å². The van der Waals surface area contributed by atoms with Crippen molar-refractivity contribution in [3.63, 3.8) is 0 Å². The SMILES string of the molecule is C[C@H](OC(=O)c1ccc(S(C)(=O)=O)c([N+](=O)[O-])c1)c1ccc(F)cc1. The van der Waals surface area contributed by atoms with E-state index in [1.54, 1.807) is 6.92 Å². The van der Waals surface area contributed by atoms with Gasteiger partial charge in [0.15, 0.2) is 9.84 Å². The van der Waals surface area contributed by atoms with Crippen LogP contribution in [0.15, 0.2) is 47.4 Å². The van der Waals surface area contributed by atoms with Crippen LogP contribution in [0.25, 0.3) is 0 Å². The lowest BCUT2D eigenvalue weighted by Gasteiger charge is -2.14. The quantitative estimate of drug-likeness (QED) is 0.457. The maximum Gasteiger partial charge on any atom is 0.338 e. The van der Waals surface area contributed by atoms with Crippen molar-refractivity contribution in [1.82, 2.24) is 0 Å². The Labute approximate surface area is 143 Å². The number of rotatable bonds is 5. The Hall–Kier alpha value is -2.81. The van der Waals surface area contributed by atoms with Gasteiger partial charge in [-0.3, -0.25) is 10.1 Å². The van der Waals surface area contributed by atoms with Gasteiger partial charge in [0.25, 0.3) is 5.69 Å². The van der Waals surface area contributed by atoms with Gasteiger partial charge >= 0.3 is 5.97 Å². The minimum Gasteiger partial charge on any atom is -0.454 e. The number of sulfone groups is 1. The van der Waals surface area contributed by atoms with Crippen molar-refractivity contribution in [2.24, 2.45) is 0 Å². The summed E-state index contributed by atoms with van der Waals surface area (Å²) < 4.78 is 41.3. The monoisotopic (exact) mass is 367 g/mol. The Bertz CT molecular complexity index is 924. The van der Waals surface area contributed by atoms with Crippen molar-refractivity contribution < 1.29 is 27.3 Å². The second kappa shape index (κ2) is 6.98. The zero-order chi connectivity index (χ0) is 18.8. The van der Waals surface area contributed by atoms with Crippen LogP contribution in [0.2, 0.25) is 0 Å². The minimum absolute atomic E-state index is 0.159. The van der Waals surface area contributed by atoms with Gasteiger partial charge in [-0.2, -0.15) is 0 Å². The highest BCUT2D eigenvalue weighted by Crippen LogP contribution is 2.26. The molecule has 25 heavy (non-hydrogen) atoms. The number of ether oxygens (including phenoxy) is 1. The van der Waals surface area contributed by atoms with E-state index in [9.17, 15) is 27.7 Å². The van der Waals surface area contributed by atoms with Crippen LogP contribution < -0.4 is 0 Å². The number of hydrogen-bond donors (Lipinski definition) is 0. The van der Waals surface area contributed by atoms with Crippen molar-refractivity contribution >= 4 is 21.5 Å². The lowest BCUT2D eigenvalue weighted by Crippen LogP contribution is -2.11. The molecule has 0 aliphatic rings. The van der Waals surface area contributed by atoms with Gasteiger partial charge < -0.3 is 4.74 Å². The van der Waals surface area contributed by atoms with Crippen LogP contribution in [0, 0.1) is 15.9 Å². The summed E-state index contributed by atoms with van der Waals surface area (Å²) in [6.07, 6.45) is 0.117. The lowest BCUT2D eigenvalue weighted by atomic mass is 10.1. The molecule has 0 saturated heterocycles. The van der Waals surface area contributed by atoms with Gasteiger partial charge in [-0.1, -0.05) is 12.1 Å². The standard InChI is InChI=1S/C16H14FNO6S/c1-10(11-3-6-13(17)7-4-11)24-16(19)12-5-8-15(25(2,22)23)14(9-12)18(20)21/h3-10H,1-2H3/t10-/m0/s1. The highest BCUT2D eigenvalue weighted by Gasteiger charge is 2.25. The molecule has 0 aromatic heterocycles. The van der Waals surface area contributed by atoms with E-state index in [0.29, 0.717) is 5.56 Å².